The molecule has 0 aromatic heterocycles. The van der Waals surface area contributed by atoms with Gasteiger partial charge in [-0.1, -0.05) is 0 Å². The van der Waals surface area contributed by atoms with Crippen LogP contribution in [0.2, 0.25) is 0 Å². The molecule has 1 N–H and O–H groups in total. The summed E-state index contributed by atoms with van der Waals surface area (Å²) >= 11 is 0. The molecule has 2 aliphatic heterocycles. The number of fused-ring (bicyclic) bond motifs is 2. The lowest BCUT2D eigenvalue weighted by Gasteiger charge is -2.37. The van der Waals surface area contributed by atoms with E-state index in [1.165, 1.54) is 0 Å². The predicted octanol–water partition coefficient (Wildman–Crippen LogP) is 2.23. The van der Waals surface area contributed by atoms with Gasteiger partial charge in [0.05, 0.1) is 32.0 Å². The average molecular weight is 264 g/mol. The van der Waals surface area contributed by atoms with Gasteiger partial charge in [-0.15, -0.1) is 0 Å². The molecule has 0 amide bonds. The van der Waals surface area contributed by atoms with Crippen molar-refractivity contribution in [3.63, 3.8) is 0 Å². The van der Waals surface area contributed by atoms with E-state index in [9.17, 15) is 5.11 Å². The molecular formula is C15H20O4. The average Bonchev–Trinajstić information content (AvgIpc) is 2.77. The van der Waals surface area contributed by atoms with Gasteiger partial charge >= 0.3 is 0 Å². The van der Waals surface area contributed by atoms with Crippen LogP contribution >= 0.6 is 0 Å². The Morgan fingerprint density at radius 3 is 2.42 bits per heavy atom. The topological polar surface area (TPSA) is 47.9 Å². The second kappa shape index (κ2) is 4.69. The fourth-order valence-corrected chi connectivity index (χ4v) is 3.31. The van der Waals surface area contributed by atoms with Gasteiger partial charge < -0.3 is 19.3 Å². The first-order valence-electron chi connectivity index (χ1n) is 6.75. The van der Waals surface area contributed by atoms with Crippen molar-refractivity contribution in [3.05, 3.63) is 23.8 Å². The smallest absolute Gasteiger partial charge is 0.125 e. The Balaban J connectivity index is 1.99. The van der Waals surface area contributed by atoms with Crippen LogP contribution in [0.4, 0.5) is 0 Å². The molecule has 2 aliphatic rings. The van der Waals surface area contributed by atoms with Crippen LogP contribution in [0.25, 0.3) is 0 Å². The lowest BCUT2D eigenvalue weighted by atomic mass is 9.83. The van der Waals surface area contributed by atoms with Crippen molar-refractivity contribution >= 4 is 0 Å². The number of hydrogen-bond donors (Lipinski definition) is 1. The summed E-state index contributed by atoms with van der Waals surface area (Å²) in [5.74, 6) is 1.45. The molecule has 104 valence electrons. The Morgan fingerprint density at radius 1 is 1.16 bits per heavy atom. The van der Waals surface area contributed by atoms with E-state index in [1.54, 1.807) is 14.2 Å². The zero-order chi connectivity index (χ0) is 13.5. The Kier molecular flexibility index (Phi) is 3.15. The van der Waals surface area contributed by atoms with Crippen molar-refractivity contribution in [1.82, 2.24) is 0 Å². The maximum absolute atomic E-state index is 11.0. The molecule has 2 atom stereocenters. The standard InChI is InChI=1S/C15H20O4/c1-17-10-5-6-14(18-2)13(7-10)15(16)8-11-3-4-12(9-15)19-11/h5-7,11-12,16H,3-4,8-9H2,1-2H3. The Bertz CT molecular complexity index is 459. The van der Waals surface area contributed by atoms with E-state index in [0.29, 0.717) is 18.6 Å². The Morgan fingerprint density at radius 2 is 1.84 bits per heavy atom. The van der Waals surface area contributed by atoms with E-state index in [1.807, 2.05) is 18.2 Å². The minimum atomic E-state index is -0.871. The molecule has 1 aromatic rings. The summed E-state index contributed by atoms with van der Waals surface area (Å²) in [5, 5.41) is 11.0. The van der Waals surface area contributed by atoms with Crippen molar-refractivity contribution in [3.8, 4) is 11.5 Å². The zero-order valence-electron chi connectivity index (χ0n) is 11.4. The second-order valence-corrected chi connectivity index (χ2v) is 5.46. The van der Waals surface area contributed by atoms with Crippen LogP contribution in [-0.2, 0) is 10.3 Å². The zero-order valence-corrected chi connectivity index (χ0v) is 11.4. The molecule has 0 spiro atoms. The summed E-state index contributed by atoms with van der Waals surface area (Å²) < 4.78 is 16.5. The highest BCUT2D eigenvalue weighted by Crippen LogP contribution is 2.47. The second-order valence-electron chi connectivity index (χ2n) is 5.46. The van der Waals surface area contributed by atoms with Gasteiger partial charge in [-0.05, 0) is 31.0 Å². The fraction of sp³-hybridized carbons (Fsp3) is 0.600. The van der Waals surface area contributed by atoms with Crippen molar-refractivity contribution < 1.29 is 19.3 Å². The van der Waals surface area contributed by atoms with Crippen LogP contribution in [0.15, 0.2) is 18.2 Å². The van der Waals surface area contributed by atoms with Crippen molar-refractivity contribution in [2.45, 2.75) is 43.5 Å². The first-order valence-corrected chi connectivity index (χ1v) is 6.75. The van der Waals surface area contributed by atoms with Crippen LogP contribution in [0.3, 0.4) is 0 Å². The number of ether oxygens (including phenoxy) is 3. The number of aliphatic hydroxyl groups is 1. The number of methoxy groups -OCH3 is 2. The van der Waals surface area contributed by atoms with Gasteiger partial charge in [0, 0.05) is 18.4 Å². The van der Waals surface area contributed by atoms with Crippen molar-refractivity contribution in [2.75, 3.05) is 14.2 Å². The number of hydrogen-bond acceptors (Lipinski definition) is 4. The van der Waals surface area contributed by atoms with Crippen LogP contribution < -0.4 is 9.47 Å². The largest absolute Gasteiger partial charge is 0.497 e. The van der Waals surface area contributed by atoms with E-state index in [-0.39, 0.29) is 12.2 Å². The molecule has 4 heteroatoms. The Hall–Kier alpha value is -1.26. The molecule has 4 nitrogen and oxygen atoms in total. The molecule has 0 radical (unpaired) electrons. The molecule has 3 rings (SSSR count). The molecule has 2 saturated heterocycles. The third-order valence-corrected chi connectivity index (χ3v) is 4.23. The summed E-state index contributed by atoms with van der Waals surface area (Å²) in [4.78, 5) is 0. The monoisotopic (exact) mass is 264 g/mol. The molecule has 0 saturated carbocycles. The molecular weight excluding hydrogens is 244 g/mol. The van der Waals surface area contributed by atoms with E-state index < -0.39 is 5.60 Å². The summed E-state index contributed by atoms with van der Waals surface area (Å²) in [7, 11) is 3.26. The molecule has 2 heterocycles. The number of rotatable bonds is 3. The van der Waals surface area contributed by atoms with Crippen LogP contribution in [0.5, 0.6) is 11.5 Å². The minimum Gasteiger partial charge on any atom is -0.497 e. The summed E-state index contributed by atoms with van der Waals surface area (Å²) in [6, 6.07) is 5.58. The van der Waals surface area contributed by atoms with E-state index >= 15 is 0 Å². The molecule has 0 aliphatic carbocycles. The van der Waals surface area contributed by atoms with Crippen LogP contribution in [-0.4, -0.2) is 31.5 Å². The Labute approximate surface area is 113 Å². The minimum absolute atomic E-state index is 0.166. The fourth-order valence-electron chi connectivity index (χ4n) is 3.31. The summed E-state index contributed by atoms with van der Waals surface area (Å²) in [6.45, 7) is 0. The normalized spacial score (nSPS) is 33.2. The van der Waals surface area contributed by atoms with Gasteiger partial charge in [0.15, 0.2) is 0 Å². The van der Waals surface area contributed by atoms with Crippen molar-refractivity contribution in [1.29, 1.82) is 0 Å². The summed E-state index contributed by atoms with van der Waals surface area (Å²) in [5.41, 5.74) is -0.0567. The lowest BCUT2D eigenvalue weighted by molar-refractivity contribution is -0.116. The molecule has 19 heavy (non-hydrogen) atoms. The first-order chi connectivity index (χ1) is 9.14. The van der Waals surface area contributed by atoms with Gasteiger partial charge in [-0.3, -0.25) is 0 Å². The highest BCUT2D eigenvalue weighted by molar-refractivity contribution is 5.44. The van der Waals surface area contributed by atoms with Gasteiger partial charge in [0.2, 0.25) is 0 Å². The van der Waals surface area contributed by atoms with E-state index in [4.69, 9.17) is 14.2 Å². The van der Waals surface area contributed by atoms with Crippen LogP contribution in [0, 0.1) is 0 Å². The maximum Gasteiger partial charge on any atom is 0.125 e. The quantitative estimate of drug-likeness (QED) is 0.909. The van der Waals surface area contributed by atoms with Gasteiger partial charge in [0.25, 0.3) is 0 Å². The van der Waals surface area contributed by atoms with Crippen LogP contribution in [0.1, 0.15) is 31.2 Å². The predicted molar refractivity (Wildman–Crippen MR) is 70.6 cm³/mol. The molecule has 2 unspecified atom stereocenters. The SMILES string of the molecule is COc1ccc(OC)c(C2(O)CC3CCC(C2)O3)c1. The highest BCUT2D eigenvalue weighted by atomic mass is 16.5. The molecule has 2 fully saturated rings. The molecule has 2 bridgehead atoms. The summed E-state index contributed by atoms with van der Waals surface area (Å²) in [6.07, 6.45) is 3.68. The maximum atomic E-state index is 11.0. The third-order valence-electron chi connectivity index (χ3n) is 4.23. The molecule has 1 aromatic carbocycles. The van der Waals surface area contributed by atoms with Gasteiger partial charge in [0.1, 0.15) is 11.5 Å². The van der Waals surface area contributed by atoms with E-state index in [2.05, 4.69) is 0 Å². The van der Waals surface area contributed by atoms with Gasteiger partial charge in [-0.25, -0.2) is 0 Å². The number of benzene rings is 1. The van der Waals surface area contributed by atoms with E-state index in [0.717, 1.165) is 24.2 Å². The lowest BCUT2D eigenvalue weighted by Crippen LogP contribution is -2.38. The van der Waals surface area contributed by atoms with Crippen molar-refractivity contribution in [2.24, 2.45) is 0 Å². The first kappa shape index (κ1) is 12.8. The highest BCUT2D eigenvalue weighted by Gasteiger charge is 2.46. The third kappa shape index (κ3) is 2.19. The van der Waals surface area contributed by atoms with Gasteiger partial charge in [-0.2, -0.15) is 0 Å².